The van der Waals surface area contributed by atoms with Crippen LogP contribution in [-0.2, 0) is 6.18 Å². The summed E-state index contributed by atoms with van der Waals surface area (Å²) in [5.41, 5.74) is -1.19. The minimum atomic E-state index is -4.51. The van der Waals surface area contributed by atoms with Gasteiger partial charge in [0.2, 0.25) is 0 Å². The Morgan fingerprint density at radius 1 is 1.21 bits per heavy atom. The first-order chi connectivity index (χ1) is 13.6. The lowest BCUT2D eigenvalue weighted by Gasteiger charge is -2.31. The van der Waals surface area contributed by atoms with Crippen LogP contribution in [0, 0.1) is 5.92 Å². The Hall–Kier alpha value is -2.13. The number of hydrogen-bond acceptors (Lipinski definition) is 5. The summed E-state index contributed by atoms with van der Waals surface area (Å²) in [6.07, 6.45) is -0.431. The molecule has 2 heterocycles. The summed E-state index contributed by atoms with van der Waals surface area (Å²) in [6, 6.07) is 2.16. The number of nitrogens with one attached hydrogen (secondary N) is 1. The second-order valence-corrected chi connectivity index (χ2v) is 7.36. The summed E-state index contributed by atoms with van der Waals surface area (Å²) in [6.45, 7) is 4.84. The highest BCUT2D eigenvalue weighted by molar-refractivity contribution is 6.32. The van der Waals surface area contributed by atoms with Gasteiger partial charge in [0.15, 0.2) is 5.82 Å². The van der Waals surface area contributed by atoms with E-state index in [1.807, 2.05) is 14.1 Å². The molecule has 10 heteroatoms. The van der Waals surface area contributed by atoms with Crippen LogP contribution >= 0.6 is 11.6 Å². The number of anilines is 1. The van der Waals surface area contributed by atoms with E-state index in [1.54, 1.807) is 0 Å². The predicted molar refractivity (Wildman–Crippen MR) is 108 cm³/mol. The number of alkyl halides is 3. The number of pyridine rings is 1. The van der Waals surface area contributed by atoms with Crippen molar-refractivity contribution in [2.75, 3.05) is 26.0 Å². The van der Waals surface area contributed by atoms with E-state index in [0.29, 0.717) is 24.3 Å². The van der Waals surface area contributed by atoms with E-state index in [-0.39, 0.29) is 16.9 Å². The lowest BCUT2D eigenvalue weighted by molar-refractivity contribution is -0.137. The van der Waals surface area contributed by atoms with Crippen LogP contribution < -0.4 is 10.9 Å². The molecule has 0 unspecified atom stereocenters. The maximum Gasteiger partial charge on any atom is 0.417 e. The van der Waals surface area contributed by atoms with E-state index < -0.39 is 17.3 Å². The van der Waals surface area contributed by atoms with Crippen molar-refractivity contribution in [2.45, 2.75) is 38.9 Å². The van der Waals surface area contributed by atoms with Crippen molar-refractivity contribution in [3.8, 4) is 5.82 Å². The summed E-state index contributed by atoms with van der Waals surface area (Å²) in [5, 5.41) is 7.09. The monoisotopic (exact) mass is 431 g/mol. The van der Waals surface area contributed by atoms with Gasteiger partial charge in [-0.25, -0.2) is 4.98 Å². The number of likely N-dealkylation sites (N-methyl/N-ethyl adjacent to an activating group) is 1. The maximum absolute atomic E-state index is 12.7. The van der Waals surface area contributed by atoms with Crippen LogP contribution in [0.15, 0.2) is 29.3 Å². The Bertz CT molecular complexity index is 864. The number of hydrogen-bond donors (Lipinski definition) is 1. The van der Waals surface area contributed by atoms with Gasteiger partial charge in [-0.2, -0.15) is 23.0 Å². The Balaban J connectivity index is 2.24. The van der Waals surface area contributed by atoms with Crippen molar-refractivity contribution in [1.82, 2.24) is 19.7 Å². The zero-order valence-corrected chi connectivity index (χ0v) is 17.6. The summed E-state index contributed by atoms with van der Waals surface area (Å²) in [5.74, 6) is 0.431. The highest BCUT2D eigenvalue weighted by atomic mass is 35.5. The van der Waals surface area contributed by atoms with Crippen LogP contribution in [-0.4, -0.2) is 46.3 Å². The molecule has 0 amide bonds. The minimum Gasteiger partial charge on any atom is -0.381 e. The van der Waals surface area contributed by atoms with Gasteiger partial charge in [-0.05, 0) is 32.1 Å². The van der Waals surface area contributed by atoms with Crippen molar-refractivity contribution < 1.29 is 13.2 Å². The molecule has 0 radical (unpaired) electrons. The minimum absolute atomic E-state index is 0.0420. The van der Waals surface area contributed by atoms with Crippen LogP contribution in [0.2, 0.25) is 5.02 Å². The van der Waals surface area contributed by atoms with Gasteiger partial charge in [-0.1, -0.05) is 38.3 Å². The van der Waals surface area contributed by atoms with Gasteiger partial charge in [0, 0.05) is 18.8 Å². The van der Waals surface area contributed by atoms with Gasteiger partial charge in [0.25, 0.3) is 5.56 Å². The van der Waals surface area contributed by atoms with Gasteiger partial charge in [-0.15, -0.1) is 0 Å². The van der Waals surface area contributed by atoms with Crippen LogP contribution in [0.25, 0.3) is 5.82 Å². The topological polar surface area (TPSA) is 63.1 Å². The molecule has 29 heavy (non-hydrogen) atoms. The highest BCUT2D eigenvalue weighted by Gasteiger charge is 2.30. The second-order valence-electron chi connectivity index (χ2n) is 6.98. The molecule has 0 aromatic carbocycles. The lowest BCUT2D eigenvalue weighted by atomic mass is 9.93. The predicted octanol–water partition coefficient (Wildman–Crippen LogP) is 4.08. The summed E-state index contributed by atoms with van der Waals surface area (Å²) in [4.78, 5) is 18.4. The molecule has 2 rings (SSSR count). The Kier molecular flexibility index (Phi) is 7.65. The van der Waals surface area contributed by atoms with E-state index in [0.717, 1.165) is 29.7 Å². The molecular weight excluding hydrogens is 407 g/mol. The van der Waals surface area contributed by atoms with Crippen molar-refractivity contribution >= 4 is 17.3 Å². The zero-order chi connectivity index (χ0) is 21.8. The molecule has 1 N–H and O–H groups in total. The van der Waals surface area contributed by atoms with E-state index in [1.165, 1.54) is 6.20 Å². The smallest absolute Gasteiger partial charge is 0.381 e. The number of rotatable bonds is 8. The second kappa shape index (κ2) is 9.58. The van der Waals surface area contributed by atoms with Gasteiger partial charge >= 0.3 is 6.18 Å². The van der Waals surface area contributed by atoms with Crippen molar-refractivity contribution in [3.63, 3.8) is 0 Å². The average molecular weight is 432 g/mol. The quantitative estimate of drug-likeness (QED) is 0.682. The van der Waals surface area contributed by atoms with Crippen LogP contribution in [0.1, 0.15) is 32.3 Å². The SMILES string of the molecule is CCC(CC)[C@H](CNc1cnn(-c2ccc(C(F)(F)F)cn2)c(=O)c1Cl)N(C)C. The highest BCUT2D eigenvalue weighted by Crippen LogP contribution is 2.28. The van der Waals surface area contributed by atoms with Gasteiger partial charge in [0.1, 0.15) is 5.02 Å². The van der Waals surface area contributed by atoms with E-state index >= 15 is 0 Å². The summed E-state index contributed by atoms with van der Waals surface area (Å²) in [7, 11) is 4.00. The standard InChI is InChI=1S/C19H25ClF3N5O/c1-5-12(6-2)15(27(3)4)11-24-14-10-26-28(18(29)17(14)20)16-8-7-13(9-25-16)19(21,22)23/h7-10,12,15,24H,5-6,11H2,1-4H3/t15-/m0/s1. The summed E-state index contributed by atoms with van der Waals surface area (Å²) < 4.78 is 38.9. The fourth-order valence-corrected chi connectivity index (χ4v) is 3.41. The summed E-state index contributed by atoms with van der Waals surface area (Å²) >= 11 is 6.21. The van der Waals surface area contributed by atoms with Crippen molar-refractivity contribution in [3.05, 3.63) is 45.5 Å². The molecule has 0 bridgehead atoms. The van der Waals surface area contributed by atoms with Gasteiger partial charge in [0.05, 0.1) is 17.4 Å². The molecular formula is C19H25ClF3N5O. The third-order valence-electron chi connectivity index (χ3n) is 4.97. The largest absolute Gasteiger partial charge is 0.417 e. The van der Waals surface area contributed by atoms with E-state index in [4.69, 9.17) is 11.6 Å². The van der Waals surface area contributed by atoms with Crippen molar-refractivity contribution in [1.29, 1.82) is 0 Å². The molecule has 0 saturated heterocycles. The van der Waals surface area contributed by atoms with Crippen LogP contribution in [0.3, 0.4) is 0 Å². The Morgan fingerprint density at radius 3 is 2.34 bits per heavy atom. The molecule has 2 aromatic heterocycles. The van der Waals surface area contributed by atoms with Crippen LogP contribution in [0.5, 0.6) is 0 Å². The maximum atomic E-state index is 12.7. The number of halogens is 4. The molecule has 6 nitrogen and oxygen atoms in total. The molecule has 160 valence electrons. The Labute approximate surface area is 172 Å². The first-order valence-electron chi connectivity index (χ1n) is 9.31. The molecule has 1 atom stereocenters. The number of aromatic nitrogens is 3. The van der Waals surface area contributed by atoms with Gasteiger partial charge in [-0.3, -0.25) is 4.79 Å². The Morgan fingerprint density at radius 2 is 1.86 bits per heavy atom. The fourth-order valence-electron chi connectivity index (χ4n) is 3.22. The molecule has 0 fully saturated rings. The lowest BCUT2D eigenvalue weighted by Crippen LogP contribution is -2.40. The molecule has 0 spiro atoms. The van der Waals surface area contributed by atoms with Crippen LogP contribution in [0.4, 0.5) is 18.9 Å². The van der Waals surface area contributed by atoms with Gasteiger partial charge < -0.3 is 10.2 Å². The molecule has 0 saturated carbocycles. The molecule has 0 aliphatic rings. The zero-order valence-electron chi connectivity index (χ0n) is 16.8. The fraction of sp³-hybridized carbons (Fsp3) is 0.526. The third kappa shape index (κ3) is 5.48. The van der Waals surface area contributed by atoms with E-state index in [2.05, 4.69) is 34.1 Å². The third-order valence-corrected chi connectivity index (χ3v) is 5.33. The normalized spacial score (nSPS) is 13.2. The first kappa shape index (κ1) is 23.2. The molecule has 0 aliphatic heterocycles. The molecule has 0 aliphatic carbocycles. The van der Waals surface area contributed by atoms with Crippen molar-refractivity contribution in [2.24, 2.45) is 5.92 Å². The first-order valence-corrected chi connectivity index (χ1v) is 9.69. The van der Waals surface area contributed by atoms with E-state index in [9.17, 15) is 18.0 Å². The number of nitrogens with zero attached hydrogens (tertiary/aromatic N) is 4. The average Bonchev–Trinajstić information content (AvgIpc) is 2.67. The molecule has 2 aromatic rings.